The van der Waals surface area contributed by atoms with Gasteiger partial charge in [-0.3, -0.25) is 4.79 Å². The Labute approximate surface area is 197 Å². The van der Waals surface area contributed by atoms with E-state index in [4.69, 9.17) is 4.74 Å². The minimum Gasteiger partial charge on any atom is -0.480 e. The van der Waals surface area contributed by atoms with Crippen LogP contribution in [0, 0.1) is 0 Å². The highest BCUT2D eigenvalue weighted by Gasteiger charge is 2.34. The van der Waals surface area contributed by atoms with Gasteiger partial charge in [0.25, 0.3) is 0 Å². The van der Waals surface area contributed by atoms with Gasteiger partial charge in [0.15, 0.2) is 0 Å². The number of fused-ring (bicyclic) bond motifs is 4. The molecule has 3 aromatic rings. The number of carbonyl (C=O) groups is 3. The van der Waals surface area contributed by atoms with Gasteiger partial charge in [-0.15, -0.1) is 0 Å². The van der Waals surface area contributed by atoms with E-state index in [2.05, 4.69) is 17.4 Å². The van der Waals surface area contributed by atoms with E-state index in [-0.39, 0.29) is 32.0 Å². The predicted molar refractivity (Wildman–Crippen MR) is 125 cm³/mol. The molecule has 172 valence electrons. The van der Waals surface area contributed by atoms with E-state index in [1.54, 1.807) is 0 Å². The predicted octanol–water partition coefficient (Wildman–Crippen LogP) is 3.56. The van der Waals surface area contributed by atoms with Gasteiger partial charge in [-0.25, -0.2) is 9.59 Å². The van der Waals surface area contributed by atoms with Gasteiger partial charge in [0.1, 0.15) is 19.2 Å². The second kappa shape index (κ2) is 9.02. The monoisotopic (exact) mass is 456 g/mol. The molecule has 0 saturated heterocycles. The van der Waals surface area contributed by atoms with Crippen molar-refractivity contribution in [2.24, 2.45) is 0 Å². The molecule has 1 heterocycles. The fourth-order valence-electron chi connectivity index (χ4n) is 4.90. The van der Waals surface area contributed by atoms with Crippen LogP contribution in [-0.2, 0) is 27.3 Å². The van der Waals surface area contributed by atoms with E-state index >= 15 is 0 Å². The van der Waals surface area contributed by atoms with Crippen molar-refractivity contribution in [3.8, 4) is 11.1 Å². The number of alkyl carbamates (subject to hydrolysis) is 1. The molecule has 0 spiro atoms. The molecule has 0 bridgehead atoms. The van der Waals surface area contributed by atoms with Gasteiger partial charge in [0.2, 0.25) is 5.91 Å². The van der Waals surface area contributed by atoms with E-state index in [1.165, 1.54) is 4.90 Å². The lowest BCUT2D eigenvalue weighted by atomic mass is 9.94. The van der Waals surface area contributed by atoms with Gasteiger partial charge < -0.3 is 20.1 Å². The number of ether oxygens (including phenoxy) is 1. The number of nitrogens with one attached hydrogen (secondary N) is 1. The lowest BCUT2D eigenvalue weighted by molar-refractivity contribution is -0.151. The van der Waals surface area contributed by atoms with Crippen LogP contribution in [0.4, 0.5) is 4.79 Å². The van der Waals surface area contributed by atoms with E-state index in [9.17, 15) is 19.5 Å². The number of hydrogen-bond donors (Lipinski definition) is 2. The van der Waals surface area contributed by atoms with Crippen molar-refractivity contribution >= 4 is 18.0 Å². The number of carboxylic acids is 1. The fraction of sp³-hybridized carbons (Fsp3) is 0.222. The summed E-state index contributed by atoms with van der Waals surface area (Å²) < 4.78 is 5.47. The first-order valence-electron chi connectivity index (χ1n) is 11.2. The number of rotatable bonds is 5. The highest BCUT2D eigenvalue weighted by atomic mass is 16.5. The van der Waals surface area contributed by atoms with Crippen LogP contribution in [0.25, 0.3) is 11.1 Å². The third-order valence-corrected chi connectivity index (χ3v) is 6.58. The Morgan fingerprint density at radius 3 is 2.12 bits per heavy atom. The summed E-state index contributed by atoms with van der Waals surface area (Å²) in [5.41, 5.74) is 6.30. The fourth-order valence-corrected chi connectivity index (χ4v) is 4.90. The Morgan fingerprint density at radius 2 is 1.47 bits per heavy atom. The third-order valence-electron chi connectivity index (χ3n) is 6.58. The second-order valence-corrected chi connectivity index (χ2v) is 8.53. The average molecular weight is 456 g/mol. The first-order chi connectivity index (χ1) is 16.5. The van der Waals surface area contributed by atoms with Crippen LogP contribution in [0.1, 0.15) is 28.2 Å². The molecule has 2 aliphatic rings. The molecule has 0 radical (unpaired) electrons. The van der Waals surface area contributed by atoms with Crippen molar-refractivity contribution in [2.75, 3.05) is 13.2 Å². The zero-order valence-corrected chi connectivity index (χ0v) is 18.4. The summed E-state index contributed by atoms with van der Waals surface area (Å²) >= 11 is 0. The van der Waals surface area contributed by atoms with Crippen molar-refractivity contribution in [1.82, 2.24) is 10.2 Å². The van der Waals surface area contributed by atoms with E-state index in [0.717, 1.165) is 33.4 Å². The Kier molecular flexibility index (Phi) is 5.76. The number of hydrogen-bond acceptors (Lipinski definition) is 4. The molecule has 1 aliphatic heterocycles. The molecule has 0 aromatic heterocycles. The molecule has 2 N–H and O–H groups in total. The SMILES string of the molecule is O=C(NCC(=O)N1Cc2ccccc2CC1C(=O)O)OCC1c2ccccc2-c2ccccc21. The molecule has 0 fully saturated rings. The third kappa shape index (κ3) is 4.01. The first-order valence-corrected chi connectivity index (χ1v) is 11.2. The topological polar surface area (TPSA) is 95.9 Å². The quantitative estimate of drug-likeness (QED) is 0.612. The number of carbonyl (C=O) groups excluding carboxylic acids is 2. The van der Waals surface area contributed by atoms with Crippen LogP contribution < -0.4 is 5.32 Å². The van der Waals surface area contributed by atoms with Crippen LogP contribution in [0.15, 0.2) is 72.8 Å². The Hall–Kier alpha value is -4.13. The maximum atomic E-state index is 12.8. The van der Waals surface area contributed by atoms with Crippen LogP contribution in [-0.4, -0.2) is 47.2 Å². The summed E-state index contributed by atoms with van der Waals surface area (Å²) in [4.78, 5) is 38.3. The molecule has 34 heavy (non-hydrogen) atoms. The molecule has 7 nitrogen and oxygen atoms in total. The molecule has 5 rings (SSSR count). The molecule has 1 atom stereocenters. The van der Waals surface area contributed by atoms with E-state index < -0.39 is 24.0 Å². The summed E-state index contributed by atoms with van der Waals surface area (Å²) in [6.07, 6.45) is -0.471. The lowest BCUT2D eigenvalue weighted by Gasteiger charge is -2.34. The minimum atomic E-state index is -1.07. The highest BCUT2D eigenvalue weighted by molar-refractivity contribution is 5.87. The van der Waals surface area contributed by atoms with E-state index in [1.807, 2.05) is 60.7 Å². The molecule has 0 saturated carbocycles. The highest BCUT2D eigenvalue weighted by Crippen LogP contribution is 2.44. The number of benzene rings is 3. The van der Waals surface area contributed by atoms with Crippen molar-refractivity contribution < 1.29 is 24.2 Å². The molecule has 7 heteroatoms. The number of nitrogens with zero attached hydrogens (tertiary/aromatic N) is 1. The van der Waals surface area contributed by atoms with Crippen molar-refractivity contribution in [3.05, 3.63) is 95.1 Å². The zero-order valence-electron chi connectivity index (χ0n) is 18.4. The maximum Gasteiger partial charge on any atom is 0.407 e. The van der Waals surface area contributed by atoms with Crippen LogP contribution in [0.3, 0.4) is 0 Å². The van der Waals surface area contributed by atoms with Crippen molar-refractivity contribution in [2.45, 2.75) is 24.9 Å². The van der Waals surface area contributed by atoms with Crippen LogP contribution in [0.5, 0.6) is 0 Å². The molecular formula is C27H24N2O5. The van der Waals surface area contributed by atoms with Gasteiger partial charge in [0, 0.05) is 18.9 Å². The van der Waals surface area contributed by atoms with E-state index in [0.29, 0.717) is 0 Å². The molecular weight excluding hydrogens is 432 g/mol. The second-order valence-electron chi connectivity index (χ2n) is 8.53. The maximum absolute atomic E-state index is 12.8. The van der Waals surface area contributed by atoms with Gasteiger partial charge in [0.05, 0.1) is 0 Å². The van der Waals surface area contributed by atoms with Crippen LogP contribution >= 0.6 is 0 Å². The van der Waals surface area contributed by atoms with Gasteiger partial charge in [-0.2, -0.15) is 0 Å². The van der Waals surface area contributed by atoms with Crippen LogP contribution in [0.2, 0.25) is 0 Å². The minimum absolute atomic E-state index is 0.0798. The molecule has 1 unspecified atom stereocenters. The average Bonchev–Trinajstić information content (AvgIpc) is 3.19. The summed E-state index contributed by atoms with van der Waals surface area (Å²) in [7, 11) is 0. The van der Waals surface area contributed by atoms with Crippen molar-refractivity contribution in [1.29, 1.82) is 0 Å². The Bertz CT molecular complexity index is 1230. The smallest absolute Gasteiger partial charge is 0.407 e. The number of amides is 2. The standard InChI is InChI=1S/C27H24N2O5/c30-25(29-15-18-8-2-1-7-17(18)13-24(29)26(31)32)14-28-27(33)34-16-23-21-11-5-3-9-19(21)20-10-4-6-12-22(20)23/h1-12,23-24H,13-16H2,(H,28,33)(H,31,32). The summed E-state index contributed by atoms with van der Waals surface area (Å²) in [6, 6.07) is 22.6. The van der Waals surface area contributed by atoms with Gasteiger partial charge in [-0.05, 0) is 33.4 Å². The lowest BCUT2D eigenvalue weighted by Crippen LogP contribution is -2.51. The molecule has 1 aliphatic carbocycles. The van der Waals surface area contributed by atoms with Gasteiger partial charge >= 0.3 is 12.1 Å². The summed E-state index contributed by atoms with van der Waals surface area (Å²) in [5.74, 6) is -1.61. The molecule has 3 aromatic carbocycles. The normalized spacial score (nSPS) is 16.2. The van der Waals surface area contributed by atoms with Gasteiger partial charge in [-0.1, -0.05) is 72.8 Å². The number of aliphatic carboxylic acids is 1. The molecule has 2 amide bonds. The number of carboxylic acid groups (broad SMARTS) is 1. The summed E-state index contributed by atoms with van der Waals surface area (Å²) in [6.45, 7) is 0.00382. The largest absolute Gasteiger partial charge is 0.480 e. The summed E-state index contributed by atoms with van der Waals surface area (Å²) in [5, 5.41) is 12.1. The Balaban J connectivity index is 1.21. The first kappa shape index (κ1) is 21.7. The van der Waals surface area contributed by atoms with Crippen molar-refractivity contribution in [3.63, 3.8) is 0 Å². The Morgan fingerprint density at radius 1 is 0.882 bits per heavy atom. The zero-order chi connectivity index (χ0) is 23.7.